The van der Waals surface area contributed by atoms with Crippen molar-refractivity contribution in [3.05, 3.63) is 52.1 Å². The van der Waals surface area contributed by atoms with Crippen LogP contribution < -0.4 is 10.0 Å². The third-order valence-electron chi connectivity index (χ3n) is 3.96. The van der Waals surface area contributed by atoms with Crippen LogP contribution >= 0.6 is 23.5 Å². The first-order chi connectivity index (χ1) is 13.0. The van der Waals surface area contributed by atoms with E-state index in [0.29, 0.717) is 17.1 Å². The quantitative estimate of drug-likeness (QED) is 0.639. The van der Waals surface area contributed by atoms with E-state index in [4.69, 9.17) is 22.0 Å². The molecule has 1 amide bonds. The number of amides is 1. The number of hydrogen-bond acceptors (Lipinski definition) is 5. The summed E-state index contributed by atoms with van der Waals surface area (Å²) in [5, 5.41) is 21.0. The second-order valence-corrected chi connectivity index (χ2v) is 7.18. The number of carbonyl (C=O) groups excluding carboxylic acids is 1. The van der Waals surface area contributed by atoms with Crippen LogP contribution in [0.1, 0.15) is 28.7 Å². The Hall–Kier alpha value is -2.31. The Morgan fingerprint density at radius 2 is 2.33 bits per heavy atom. The van der Waals surface area contributed by atoms with Gasteiger partial charge in [0.2, 0.25) is 0 Å². The first-order valence-electron chi connectivity index (χ1n) is 8.09. The molecule has 3 N–H and O–H groups in total. The fraction of sp³-hybridized carbons (Fsp3) is 0.222. The molecule has 1 atom stereocenters. The number of aliphatic hydroxyl groups excluding tert-OH is 1. The minimum atomic E-state index is -0.649. The molecule has 27 heavy (non-hydrogen) atoms. The van der Waals surface area contributed by atoms with E-state index in [9.17, 15) is 9.18 Å². The fourth-order valence-electron chi connectivity index (χ4n) is 2.60. The third-order valence-corrected chi connectivity index (χ3v) is 5.58. The van der Waals surface area contributed by atoms with Crippen molar-refractivity contribution in [2.24, 2.45) is 0 Å². The largest absolute Gasteiger partial charge is 0.395 e. The molecule has 1 aromatic carbocycles. The molecule has 0 aliphatic carbocycles. The van der Waals surface area contributed by atoms with Gasteiger partial charge in [-0.05, 0) is 43.1 Å². The minimum absolute atomic E-state index is 0.0321. The number of rotatable bonds is 6. The molecule has 0 radical (unpaired) electrons. The summed E-state index contributed by atoms with van der Waals surface area (Å²) in [6, 6.07) is 5.37. The van der Waals surface area contributed by atoms with Crippen molar-refractivity contribution >= 4 is 41.2 Å². The third kappa shape index (κ3) is 3.87. The highest BCUT2D eigenvalue weighted by atomic mass is 35.5. The second-order valence-electron chi connectivity index (χ2n) is 5.95. The number of nitrogens with zero attached hydrogens (tertiary/aromatic N) is 2. The van der Waals surface area contributed by atoms with E-state index in [1.807, 2.05) is 19.1 Å². The van der Waals surface area contributed by atoms with Crippen molar-refractivity contribution in [1.82, 2.24) is 9.29 Å². The molecule has 0 bridgehead atoms. The van der Waals surface area contributed by atoms with Gasteiger partial charge in [0.25, 0.3) is 5.91 Å². The SMILES string of the molecule is CC(CO)NSc1c(Cl)c(C(=O)Nc2ccc(F)c(C#N)c2)n2c1C=CC2. The summed E-state index contributed by atoms with van der Waals surface area (Å²) in [7, 11) is 0. The predicted molar refractivity (Wildman–Crippen MR) is 103 cm³/mol. The number of aromatic nitrogens is 1. The van der Waals surface area contributed by atoms with E-state index in [-0.39, 0.29) is 28.9 Å². The number of benzene rings is 1. The summed E-state index contributed by atoms with van der Waals surface area (Å²) >= 11 is 7.72. The number of aliphatic hydroxyl groups is 1. The van der Waals surface area contributed by atoms with Gasteiger partial charge < -0.3 is 15.0 Å². The normalized spacial score (nSPS) is 13.3. The topological polar surface area (TPSA) is 90.1 Å². The monoisotopic (exact) mass is 406 g/mol. The lowest BCUT2D eigenvalue weighted by atomic mass is 10.2. The van der Waals surface area contributed by atoms with Crippen LogP contribution in [-0.2, 0) is 6.54 Å². The van der Waals surface area contributed by atoms with E-state index in [0.717, 1.165) is 11.8 Å². The standard InChI is InChI=1S/C18H16ClFN4O2S/c1-10(9-25)23-27-17-14-3-2-6-24(14)16(15(17)19)18(26)22-12-4-5-13(20)11(7-12)8-21/h2-5,7,10,23,25H,6,9H2,1H3,(H,22,26). The number of halogens is 2. The van der Waals surface area contributed by atoms with Crippen molar-refractivity contribution in [2.45, 2.75) is 24.4 Å². The maximum Gasteiger partial charge on any atom is 0.273 e. The average Bonchev–Trinajstić information content (AvgIpc) is 3.21. The molecule has 1 aliphatic rings. The highest BCUT2D eigenvalue weighted by molar-refractivity contribution is 7.97. The van der Waals surface area contributed by atoms with Crippen molar-refractivity contribution in [3.8, 4) is 6.07 Å². The molecular formula is C18H16ClFN4O2S. The molecule has 2 heterocycles. The Morgan fingerprint density at radius 3 is 3.04 bits per heavy atom. The minimum Gasteiger partial charge on any atom is -0.395 e. The number of anilines is 1. The zero-order chi connectivity index (χ0) is 19.6. The van der Waals surface area contributed by atoms with Gasteiger partial charge in [0.15, 0.2) is 0 Å². The Bertz CT molecular complexity index is 967. The van der Waals surface area contributed by atoms with Gasteiger partial charge in [-0.15, -0.1) is 0 Å². The Kier molecular flexibility index (Phi) is 5.87. The van der Waals surface area contributed by atoms with Crippen LogP contribution in [0.3, 0.4) is 0 Å². The van der Waals surface area contributed by atoms with E-state index in [2.05, 4.69) is 10.0 Å². The molecule has 1 unspecified atom stereocenters. The van der Waals surface area contributed by atoms with Gasteiger partial charge in [0.1, 0.15) is 17.6 Å². The summed E-state index contributed by atoms with van der Waals surface area (Å²) in [5.74, 6) is -1.11. The van der Waals surface area contributed by atoms with Crippen molar-refractivity contribution in [2.75, 3.05) is 11.9 Å². The zero-order valence-electron chi connectivity index (χ0n) is 14.3. The highest BCUT2D eigenvalue weighted by Gasteiger charge is 2.27. The number of allylic oxidation sites excluding steroid dienone is 1. The molecular weight excluding hydrogens is 391 g/mol. The number of carbonyl (C=O) groups is 1. The van der Waals surface area contributed by atoms with Gasteiger partial charge in [0.05, 0.1) is 27.8 Å². The van der Waals surface area contributed by atoms with Gasteiger partial charge in [0, 0.05) is 18.3 Å². The molecule has 3 rings (SSSR count). The predicted octanol–water partition coefficient (Wildman–Crippen LogP) is 3.41. The van der Waals surface area contributed by atoms with Gasteiger partial charge in [-0.3, -0.25) is 9.52 Å². The average molecular weight is 407 g/mol. The van der Waals surface area contributed by atoms with Crippen LogP contribution in [-0.4, -0.2) is 28.2 Å². The molecule has 6 nitrogen and oxygen atoms in total. The van der Waals surface area contributed by atoms with E-state index >= 15 is 0 Å². The Balaban J connectivity index is 1.89. The molecule has 140 valence electrons. The fourth-order valence-corrected chi connectivity index (χ4v) is 3.86. The smallest absolute Gasteiger partial charge is 0.273 e. The maximum absolute atomic E-state index is 13.5. The maximum atomic E-state index is 13.5. The molecule has 0 spiro atoms. The van der Waals surface area contributed by atoms with E-state index < -0.39 is 11.7 Å². The van der Waals surface area contributed by atoms with Gasteiger partial charge in [-0.2, -0.15) is 5.26 Å². The summed E-state index contributed by atoms with van der Waals surface area (Å²) in [6.45, 7) is 2.29. The highest BCUT2D eigenvalue weighted by Crippen LogP contribution is 2.38. The first kappa shape index (κ1) is 19.5. The van der Waals surface area contributed by atoms with Crippen LogP contribution in [0.5, 0.6) is 0 Å². The van der Waals surface area contributed by atoms with Crippen LogP contribution in [0.25, 0.3) is 6.08 Å². The lowest BCUT2D eigenvalue weighted by molar-refractivity contribution is 0.101. The van der Waals surface area contributed by atoms with Crippen molar-refractivity contribution in [1.29, 1.82) is 5.26 Å². The summed E-state index contributed by atoms with van der Waals surface area (Å²) in [4.78, 5) is 13.5. The number of nitrogens with one attached hydrogen (secondary N) is 2. The summed E-state index contributed by atoms with van der Waals surface area (Å²) in [6.07, 6.45) is 3.79. The second kappa shape index (κ2) is 8.15. The Morgan fingerprint density at radius 1 is 1.56 bits per heavy atom. The van der Waals surface area contributed by atoms with Crippen LogP contribution in [0.2, 0.25) is 5.02 Å². The number of nitriles is 1. The number of fused-ring (bicyclic) bond motifs is 1. The van der Waals surface area contributed by atoms with Crippen molar-refractivity contribution in [3.63, 3.8) is 0 Å². The Labute approximate surface area is 164 Å². The van der Waals surface area contributed by atoms with Crippen LogP contribution in [0.4, 0.5) is 10.1 Å². The zero-order valence-corrected chi connectivity index (χ0v) is 15.9. The summed E-state index contributed by atoms with van der Waals surface area (Å²) in [5.41, 5.74) is 1.22. The molecule has 2 aromatic rings. The van der Waals surface area contributed by atoms with Gasteiger partial charge >= 0.3 is 0 Å². The van der Waals surface area contributed by atoms with Crippen LogP contribution in [0.15, 0.2) is 29.2 Å². The van der Waals surface area contributed by atoms with Gasteiger partial charge in [-0.1, -0.05) is 17.7 Å². The molecule has 9 heteroatoms. The molecule has 1 aromatic heterocycles. The molecule has 0 saturated carbocycles. The van der Waals surface area contributed by atoms with Gasteiger partial charge in [-0.25, -0.2) is 4.39 Å². The molecule has 0 saturated heterocycles. The lowest BCUT2D eigenvalue weighted by Crippen LogP contribution is -2.22. The first-order valence-corrected chi connectivity index (χ1v) is 9.28. The number of hydrogen-bond donors (Lipinski definition) is 3. The molecule has 0 fully saturated rings. The summed E-state index contributed by atoms with van der Waals surface area (Å²) < 4.78 is 18.3. The van der Waals surface area contributed by atoms with E-state index in [1.165, 1.54) is 24.1 Å². The lowest BCUT2D eigenvalue weighted by Gasteiger charge is -2.09. The van der Waals surface area contributed by atoms with E-state index in [1.54, 1.807) is 10.6 Å². The van der Waals surface area contributed by atoms with Crippen molar-refractivity contribution < 1.29 is 14.3 Å². The van der Waals surface area contributed by atoms with Crippen LogP contribution in [0, 0.1) is 17.1 Å². The molecule has 1 aliphatic heterocycles.